The lowest BCUT2D eigenvalue weighted by atomic mass is 9.81. The highest BCUT2D eigenvalue weighted by Crippen LogP contribution is 2.35. The molecule has 1 aromatic heterocycles. The molecule has 4 heteroatoms. The van der Waals surface area contributed by atoms with Gasteiger partial charge in [0.2, 0.25) is 5.95 Å². The summed E-state index contributed by atoms with van der Waals surface area (Å²) in [5.74, 6) is 1.40. The summed E-state index contributed by atoms with van der Waals surface area (Å²) in [5, 5.41) is 0. The number of hydrogen-bond donors (Lipinski definition) is 0. The summed E-state index contributed by atoms with van der Waals surface area (Å²) >= 11 is 0. The Hall–Kier alpha value is -1.45. The van der Waals surface area contributed by atoms with Gasteiger partial charge in [-0.25, -0.2) is 9.97 Å². The van der Waals surface area contributed by atoms with Crippen LogP contribution in [0.4, 0.5) is 5.95 Å². The first-order valence-corrected chi connectivity index (χ1v) is 5.69. The molecule has 0 aliphatic heterocycles. The van der Waals surface area contributed by atoms with E-state index in [0.29, 0.717) is 18.4 Å². The Balaban J connectivity index is 2.03. The summed E-state index contributed by atoms with van der Waals surface area (Å²) in [5.41, 5.74) is 1.23. The van der Waals surface area contributed by atoms with E-state index in [1.807, 2.05) is 19.4 Å². The summed E-state index contributed by atoms with van der Waals surface area (Å²) in [6.45, 7) is 1.93. The van der Waals surface area contributed by atoms with Crippen LogP contribution in [0.25, 0.3) is 0 Å². The zero-order valence-corrected chi connectivity index (χ0v) is 9.81. The van der Waals surface area contributed by atoms with Crippen molar-refractivity contribution < 1.29 is 4.79 Å². The number of likely N-dealkylation sites (N-methyl/N-ethyl adjacent to an activating group) is 1. The maximum absolute atomic E-state index is 11.0. The molecular formula is C12H17N3O. The molecule has 2 rings (SSSR count). The van der Waals surface area contributed by atoms with Gasteiger partial charge in [0, 0.05) is 19.4 Å². The van der Waals surface area contributed by atoms with Gasteiger partial charge in [0.25, 0.3) is 0 Å². The van der Waals surface area contributed by atoms with Crippen molar-refractivity contribution in [3.63, 3.8) is 0 Å². The molecule has 0 saturated heterocycles. The van der Waals surface area contributed by atoms with Crippen molar-refractivity contribution in [1.82, 2.24) is 9.97 Å². The molecule has 4 nitrogen and oxygen atoms in total. The normalized spacial score (nSPS) is 15.6. The second-order valence-electron chi connectivity index (χ2n) is 4.50. The van der Waals surface area contributed by atoms with E-state index in [0.717, 1.165) is 0 Å². The maximum Gasteiger partial charge on any atom is 0.225 e. The maximum atomic E-state index is 11.0. The van der Waals surface area contributed by atoms with Crippen molar-refractivity contribution in [1.29, 1.82) is 0 Å². The number of anilines is 1. The van der Waals surface area contributed by atoms with Gasteiger partial charge in [0.05, 0.1) is 6.54 Å². The van der Waals surface area contributed by atoms with Gasteiger partial charge >= 0.3 is 0 Å². The van der Waals surface area contributed by atoms with Gasteiger partial charge in [-0.2, -0.15) is 0 Å². The second kappa shape index (κ2) is 4.60. The number of aromatic nitrogens is 2. The first kappa shape index (κ1) is 11.0. The van der Waals surface area contributed by atoms with Gasteiger partial charge in [0.1, 0.15) is 5.78 Å². The lowest BCUT2D eigenvalue weighted by Crippen LogP contribution is -2.25. The highest BCUT2D eigenvalue weighted by atomic mass is 16.1. The van der Waals surface area contributed by atoms with E-state index in [2.05, 4.69) is 9.97 Å². The van der Waals surface area contributed by atoms with Crippen molar-refractivity contribution in [2.24, 2.45) is 0 Å². The van der Waals surface area contributed by atoms with Crippen LogP contribution in [0.2, 0.25) is 0 Å². The molecule has 0 bridgehead atoms. The molecule has 16 heavy (non-hydrogen) atoms. The number of rotatable bonds is 4. The van der Waals surface area contributed by atoms with Gasteiger partial charge in [-0.05, 0) is 31.2 Å². The molecule has 0 N–H and O–H groups in total. The van der Waals surface area contributed by atoms with Crippen molar-refractivity contribution in [3.8, 4) is 0 Å². The summed E-state index contributed by atoms with van der Waals surface area (Å²) in [6, 6.07) is 0. The number of carbonyl (C=O) groups excluding carboxylic acids is 1. The molecule has 1 aliphatic carbocycles. The zero-order chi connectivity index (χ0) is 11.5. The van der Waals surface area contributed by atoms with Crippen LogP contribution < -0.4 is 4.90 Å². The van der Waals surface area contributed by atoms with Crippen LogP contribution >= 0.6 is 0 Å². The minimum absolute atomic E-state index is 0.120. The minimum atomic E-state index is 0.120. The zero-order valence-electron chi connectivity index (χ0n) is 9.81. The molecule has 0 spiro atoms. The van der Waals surface area contributed by atoms with E-state index < -0.39 is 0 Å². The lowest BCUT2D eigenvalue weighted by Gasteiger charge is -2.25. The first-order valence-electron chi connectivity index (χ1n) is 5.69. The topological polar surface area (TPSA) is 46.1 Å². The Morgan fingerprint density at radius 2 is 2.06 bits per heavy atom. The first-order chi connectivity index (χ1) is 7.66. The molecule has 1 aliphatic rings. The summed E-state index contributed by atoms with van der Waals surface area (Å²) < 4.78 is 0. The third kappa shape index (κ3) is 2.38. The third-order valence-corrected chi connectivity index (χ3v) is 3.04. The quantitative estimate of drug-likeness (QED) is 0.774. The fraction of sp³-hybridized carbons (Fsp3) is 0.583. The summed E-state index contributed by atoms with van der Waals surface area (Å²) in [4.78, 5) is 21.3. The number of Topliss-reactive ketones (excluding diaryl/α,β-unsaturated/α-hetero) is 1. The van der Waals surface area contributed by atoms with Gasteiger partial charge in [-0.1, -0.05) is 6.42 Å². The van der Waals surface area contributed by atoms with E-state index in [1.54, 1.807) is 11.8 Å². The molecule has 0 unspecified atom stereocenters. The second-order valence-corrected chi connectivity index (χ2v) is 4.50. The van der Waals surface area contributed by atoms with Gasteiger partial charge < -0.3 is 4.90 Å². The Kier molecular flexibility index (Phi) is 3.17. The van der Waals surface area contributed by atoms with Crippen LogP contribution in [0.5, 0.6) is 0 Å². The van der Waals surface area contributed by atoms with Crippen LogP contribution in [-0.2, 0) is 4.79 Å². The lowest BCUT2D eigenvalue weighted by molar-refractivity contribution is -0.115. The fourth-order valence-electron chi connectivity index (χ4n) is 1.89. The summed E-state index contributed by atoms with van der Waals surface area (Å²) in [6.07, 6.45) is 7.61. The number of nitrogens with zero attached hydrogens (tertiary/aromatic N) is 3. The van der Waals surface area contributed by atoms with E-state index >= 15 is 0 Å². The molecule has 1 heterocycles. The Morgan fingerprint density at radius 3 is 2.50 bits per heavy atom. The predicted octanol–water partition coefficient (Wildman–Crippen LogP) is 1.77. The van der Waals surface area contributed by atoms with Crippen molar-refractivity contribution in [3.05, 3.63) is 18.0 Å². The molecular weight excluding hydrogens is 202 g/mol. The van der Waals surface area contributed by atoms with Crippen LogP contribution in [0.15, 0.2) is 12.4 Å². The minimum Gasteiger partial charge on any atom is -0.337 e. The molecule has 1 aromatic rings. The molecule has 86 valence electrons. The standard InChI is InChI=1S/C12H17N3O/c1-9(16)8-15(2)12-13-6-11(7-14-12)10-4-3-5-10/h6-7,10H,3-5,8H2,1-2H3. The Morgan fingerprint density at radius 1 is 1.44 bits per heavy atom. The smallest absolute Gasteiger partial charge is 0.225 e. The number of hydrogen-bond acceptors (Lipinski definition) is 4. The van der Waals surface area contributed by atoms with Crippen LogP contribution in [-0.4, -0.2) is 29.3 Å². The predicted molar refractivity (Wildman–Crippen MR) is 62.6 cm³/mol. The van der Waals surface area contributed by atoms with Crippen LogP contribution in [0.1, 0.15) is 37.7 Å². The number of carbonyl (C=O) groups is 1. The fourth-order valence-corrected chi connectivity index (χ4v) is 1.89. The van der Waals surface area contributed by atoms with Crippen LogP contribution in [0, 0.1) is 0 Å². The molecule has 1 saturated carbocycles. The Labute approximate surface area is 95.7 Å². The number of ketones is 1. The van der Waals surface area contributed by atoms with E-state index in [1.165, 1.54) is 24.8 Å². The molecule has 1 fully saturated rings. The molecule has 0 radical (unpaired) electrons. The van der Waals surface area contributed by atoms with Gasteiger partial charge in [-0.15, -0.1) is 0 Å². The Bertz CT molecular complexity index is 370. The van der Waals surface area contributed by atoms with Crippen LogP contribution in [0.3, 0.4) is 0 Å². The van der Waals surface area contributed by atoms with E-state index in [4.69, 9.17) is 0 Å². The van der Waals surface area contributed by atoms with Gasteiger partial charge in [0.15, 0.2) is 0 Å². The SMILES string of the molecule is CC(=O)CN(C)c1ncc(C2CCC2)cn1. The van der Waals surface area contributed by atoms with E-state index in [9.17, 15) is 4.79 Å². The molecule has 0 aromatic carbocycles. The van der Waals surface area contributed by atoms with Gasteiger partial charge in [-0.3, -0.25) is 4.79 Å². The van der Waals surface area contributed by atoms with Crippen molar-refractivity contribution in [2.75, 3.05) is 18.5 Å². The average Bonchev–Trinajstić information content (AvgIpc) is 2.15. The third-order valence-electron chi connectivity index (χ3n) is 3.04. The highest BCUT2D eigenvalue weighted by molar-refractivity contribution is 5.80. The van der Waals surface area contributed by atoms with Crippen molar-refractivity contribution >= 4 is 11.7 Å². The molecule has 0 atom stereocenters. The van der Waals surface area contributed by atoms with Crippen molar-refractivity contribution in [2.45, 2.75) is 32.1 Å². The average molecular weight is 219 g/mol. The largest absolute Gasteiger partial charge is 0.337 e. The highest BCUT2D eigenvalue weighted by Gasteiger charge is 2.20. The monoisotopic (exact) mass is 219 g/mol. The summed E-state index contributed by atoms with van der Waals surface area (Å²) in [7, 11) is 1.83. The van der Waals surface area contributed by atoms with E-state index in [-0.39, 0.29) is 5.78 Å². The molecule has 0 amide bonds.